The van der Waals surface area contributed by atoms with Gasteiger partial charge in [0.1, 0.15) is 0 Å². The molecule has 0 fully saturated rings. The van der Waals surface area contributed by atoms with Crippen LogP contribution < -0.4 is 10.6 Å². The number of nitrogens with one attached hydrogen (secondary N) is 2. The quantitative estimate of drug-likeness (QED) is 0.530. The molecule has 21 heavy (non-hydrogen) atoms. The molecule has 0 aliphatic carbocycles. The summed E-state index contributed by atoms with van der Waals surface area (Å²) >= 11 is 0. The molecule has 2 aliphatic heterocycles. The Morgan fingerprint density at radius 3 is 1.05 bits per heavy atom. The molecule has 0 bridgehead atoms. The molecular formula is C18H36MgN2. The van der Waals surface area contributed by atoms with Crippen molar-refractivity contribution in [1.29, 1.82) is 0 Å². The maximum atomic E-state index is 3.55. The number of rotatable bonds is 0. The average Bonchev–Trinajstić information content (AvgIpc) is 2.09. The lowest BCUT2D eigenvalue weighted by Crippen LogP contribution is -2.52. The molecule has 120 valence electrons. The van der Waals surface area contributed by atoms with Crippen molar-refractivity contribution in [3.63, 3.8) is 0 Å². The first-order valence-electron chi connectivity index (χ1n) is 7.77. The van der Waals surface area contributed by atoms with E-state index in [1.54, 1.807) is 0 Å². The third kappa shape index (κ3) is 8.39. The van der Waals surface area contributed by atoms with E-state index in [1.165, 1.54) is 0 Å². The SMILES string of the molecule is CC1(C)C=CCC(C)(C)N1.CC1(C)C=CCC(C)(C)N1.[MgH2]. The first-order chi connectivity index (χ1) is 8.83. The predicted molar refractivity (Wildman–Crippen MR) is 98.6 cm³/mol. The second-order valence-electron chi connectivity index (χ2n) is 8.67. The molecule has 3 heteroatoms. The van der Waals surface area contributed by atoms with Crippen molar-refractivity contribution in [2.45, 2.75) is 90.4 Å². The van der Waals surface area contributed by atoms with Crippen molar-refractivity contribution in [3.05, 3.63) is 24.3 Å². The largest absolute Gasteiger partial charge is 0.316 e. The highest BCUT2D eigenvalue weighted by Gasteiger charge is 2.28. The Bertz CT molecular complexity index is 352. The van der Waals surface area contributed by atoms with Gasteiger partial charge in [-0.25, -0.2) is 0 Å². The first-order valence-corrected chi connectivity index (χ1v) is 7.77. The summed E-state index contributed by atoms with van der Waals surface area (Å²) < 4.78 is 0. The third-order valence-electron chi connectivity index (χ3n) is 3.65. The monoisotopic (exact) mass is 304 g/mol. The van der Waals surface area contributed by atoms with Crippen LogP contribution >= 0.6 is 0 Å². The molecular weight excluding hydrogens is 269 g/mol. The highest BCUT2D eigenvalue weighted by Crippen LogP contribution is 2.22. The molecule has 0 spiro atoms. The summed E-state index contributed by atoms with van der Waals surface area (Å²) in [5.41, 5.74) is 0.917. The van der Waals surface area contributed by atoms with Crippen LogP contribution in [0, 0.1) is 0 Å². The second kappa shape index (κ2) is 7.16. The Balaban J connectivity index is 0.000000364. The minimum absolute atomic E-state index is 0. The lowest BCUT2D eigenvalue weighted by molar-refractivity contribution is 0.291. The third-order valence-corrected chi connectivity index (χ3v) is 3.65. The van der Waals surface area contributed by atoms with Crippen LogP contribution in [0.3, 0.4) is 0 Å². The summed E-state index contributed by atoms with van der Waals surface area (Å²) in [4.78, 5) is 0. The average molecular weight is 305 g/mol. The van der Waals surface area contributed by atoms with E-state index < -0.39 is 0 Å². The summed E-state index contributed by atoms with van der Waals surface area (Å²) in [5.74, 6) is 0. The lowest BCUT2D eigenvalue weighted by Gasteiger charge is -2.38. The van der Waals surface area contributed by atoms with Crippen LogP contribution in [-0.2, 0) is 0 Å². The molecule has 0 amide bonds. The summed E-state index contributed by atoms with van der Waals surface area (Å²) in [6.07, 6.45) is 11.3. The Kier molecular flexibility index (Phi) is 7.22. The van der Waals surface area contributed by atoms with Crippen molar-refractivity contribution in [1.82, 2.24) is 10.6 Å². The van der Waals surface area contributed by atoms with Gasteiger partial charge in [-0.3, -0.25) is 0 Å². The van der Waals surface area contributed by atoms with Crippen molar-refractivity contribution in [2.24, 2.45) is 0 Å². The van der Waals surface area contributed by atoms with Gasteiger partial charge in [0.25, 0.3) is 0 Å². The van der Waals surface area contributed by atoms with Crippen molar-refractivity contribution in [3.8, 4) is 0 Å². The van der Waals surface area contributed by atoms with E-state index in [1.807, 2.05) is 0 Å². The Morgan fingerprint density at radius 1 is 0.619 bits per heavy atom. The van der Waals surface area contributed by atoms with Gasteiger partial charge >= 0.3 is 23.1 Å². The van der Waals surface area contributed by atoms with Gasteiger partial charge in [-0.1, -0.05) is 24.3 Å². The predicted octanol–water partition coefficient (Wildman–Crippen LogP) is 3.27. The summed E-state index contributed by atoms with van der Waals surface area (Å²) in [6.45, 7) is 17.7. The Hall–Kier alpha value is 0.166. The molecule has 2 N–H and O–H groups in total. The van der Waals surface area contributed by atoms with Crippen molar-refractivity contribution in [2.75, 3.05) is 0 Å². The van der Waals surface area contributed by atoms with Crippen LogP contribution in [0.1, 0.15) is 68.2 Å². The molecule has 0 aromatic rings. The van der Waals surface area contributed by atoms with Gasteiger partial charge in [0, 0.05) is 22.2 Å². The van der Waals surface area contributed by atoms with Gasteiger partial charge in [0.15, 0.2) is 0 Å². The first kappa shape index (κ1) is 21.2. The number of hydrogen-bond donors (Lipinski definition) is 2. The molecule has 0 unspecified atom stereocenters. The van der Waals surface area contributed by atoms with E-state index in [4.69, 9.17) is 0 Å². The van der Waals surface area contributed by atoms with E-state index in [-0.39, 0.29) is 45.2 Å². The molecule has 0 saturated carbocycles. The summed E-state index contributed by atoms with van der Waals surface area (Å²) in [5, 5.41) is 7.09. The Morgan fingerprint density at radius 2 is 0.905 bits per heavy atom. The molecule has 0 aromatic heterocycles. The molecule has 0 atom stereocenters. The van der Waals surface area contributed by atoms with E-state index in [9.17, 15) is 0 Å². The highest BCUT2D eigenvalue weighted by molar-refractivity contribution is 5.75. The van der Waals surface area contributed by atoms with Gasteiger partial charge in [-0.05, 0) is 68.2 Å². The van der Waals surface area contributed by atoms with Gasteiger partial charge in [-0.2, -0.15) is 0 Å². The van der Waals surface area contributed by atoms with Gasteiger partial charge in [0.2, 0.25) is 0 Å². The number of hydrogen-bond acceptors (Lipinski definition) is 2. The zero-order chi connectivity index (χ0) is 15.7. The molecule has 0 saturated heterocycles. The standard InChI is InChI=1S/2C9H17N.Mg.2H/c2*1-8(2)6-5-7-9(3,4)10-8;;;/h2*5-6,10H,7H2,1-4H3;;;. The van der Waals surface area contributed by atoms with Crippen LogP contribution in [0.15, 0.2) is 24.3 Å². The van der Waals surface area contributed by atoms with Crippen LogP contribution in [0.2, 0.25) is 0 Å². The normalized spacial score (nSPS) is 27.0. The van der Waals surface area contributed by atoms with Crippen LogP contribution in [0.4, 0.5) is 0 Å². The molecule has 2 rings (SSSR count). The van der Waals surface area contributed by atoms with Crippen LogP contribution in [-0.4, -0.2) is 45.2 Å². The maximum absolute atomic E-state index is 3.55. The maximum Gasteiger partial charge on any atom is 0.316 e. The van der Waals surface area contributed by atoms with Crippen LogP contribution in [0.25, 0.3) is 0 Å². The fraction of sp³-hybridized carbons (Fsp3) is 0.778. The minimum Gasteiger partial charge on any atom is -0.303 e. The van der Waals surface area contributed by atoms with E-state index in [0.29, 0.717) is 0 Å². The van der Waals surface area contributed by atoms with Gasteiger partial charge in [-0.15, -0.1) is 0 Å². The fourth-order valence-electron chi connectivity index (χ4n) is 3.23. The lowest BCUT2D eigenvalue weighted by atomic mass is 9.89. The summed E-state index contributed by atoms with van der Waals surface area (Å²) in [6, 6.07) is 0. The zero-order valence-corrected chi connectivity index (χ0v) is 14.7. The molecule has 2 nitrogen and oxygen atoms in total. The van der Waals surface area contributed by atoms with E-state index in [2.05, 4.69) is 90.3 Å². The van der Waals surface area contributed by atoms with Crippen molar-refractivity contribution >= 4 is 23.1 Å². The minimum atomic E-state index is 0. The van der Waals surface area contributed by atoms with Crippen LogP contribution in [0.5, 0.6) is 0 Å². The Labute approximate surface area is 148 Å². The van der Waals surface area contributed by atoms with E-state index >= 15 is 0 Å². The molecule has 2 aliphatic rings. The second-order valence-corrected chi connectivity index (χ2v) is 8.67. The molecule has 0 radical (unpaired) electrons. The zero-order valence-electron chi connectivity index (χ0n) is 14.7. The highest BCUT2D eigenvalue weighted by atomic mass is 24.3. The van der Waals surface area contributed by atoms with Crippen molar-refractivity contribution < 1.29 is 0 Å². The summed E-state index contributed by atoms with van der Waals surface area (Å²) in [7, 11) is 0. The van der Waals surface area contributed by atoms with Gasteiger partial charge < -0.3 is 10.6 Å². The molecule has 0 aromatic carbocycles. The smallest absolute Gasteiger partial charge is 0.303 e. The fourth-order valence-corrected chi connectivity index (χ4v) is 3.23. The molecule has 2 heterocycles. The topological polar surface area (TPSA) is 24.1 Å². The van der Waals surface area contributed by atoms with E-state index in [0.717, 1.165) is 12.8 Å². The van der Waals surface area contributed by atoms with Gasteiger partial charge in [0.05, 0.1) is 0 Å².